The van der Waals surface area contributed by atoms with Crippen LogP contribution in [0.25, 0.3) is 0 Å². The lowest BCUT2D eigenvalue weighted by molar-refractivity contribution is 0.231. The number of rotatable bonds is 5. The fraction of sp³-hybridized carbons (Fsp3) is 0.556. The Morgan fingerprint density at radius 1 is 1.64 bits per heavy atom. The van der Waals surface area contributed by atoms with Gasteiger partial charge in [-0.2, -0.15) is 0 Å². The normalized spacial score (nSPS) is 11.3. The summed E-state index contributed by atoms with van der Waals surface area (Å²) in [6.45, 7) is 7.56. The molecule has 2 nitrogen and oxygen atoms in total. The van der Waals surface area contributed by atoms with E-state index in [4.69, 9.17) is 5.11 Å². The van der Waals surface area contributed by atoms with Crippen LogP contribution in [0.1, 0.15) is 6.92 Å². The summed E-state index contributed by atoms with van der Waals surface area (Å²) in [5.74, 6) is 0. The van der Waals surface area contributed by atoms with E-state index in [0.717, 1.165) is 12.1 Å². The molecule has 2 heteroatoms. The molecule has 0 rings (SSSR count). The summed E-state index contributed by atoms with van der Waals surface area (Å²) in [6.07, 6.45) is 3.95. The molecule has 0 bridgehead atoms. The van der Waals surface area contributed by atoms with Crippen molar-refractivity contribution in [3.63, 3.8) is 0 Å². The van der Waals surface area contributed by atoms with Gasteiger partial charge in [-0.25, -0.2) is 0 Å². The fourth-order valence-corrected chi connectivity index (χ4v) is 0.885. The van der Waals surface area contributed by atoms with Crippen molar-refractivity contribution in [2.24, 2.45) is 0 Å². The maximum atomic E-state index is 8.59. The van der Waals surface area contributed by atoms with Crippen LogP contribution >= 0.6 is 0 Å². The van der Waals surface area contributed by atoms with Crippen molar-refractivity contribution in [3.05, 3.63) is 24.3 Å². The molecule has 0 atom stereocenters. The molecular formula is C9H17NO. The minimum Gasteiger partial charge on any atom is -0.395 e. The maximum Gasteiger partial charge on any atom is 0.0558 e. The molecule has 0 aliphatic rings. The molecule has 0 radical (unpaired) electrons. The van der Waals surface area contributed by atoms with Gasteiger partial charge >= 0.3 is 0 Å². The summed E-state index contributed by atoms with van der Waals surface area (Å²) in [5, 5.41) is 8.59. The van der Waals surface area contributed by atoms with Gasteiger partial charge in [-0.15, -0.1) is 0 Å². The summed E-state index contributed by atoms with van der Waals surface area (Å²) in [6, 6.07) is 0. The summed E-state index contributed by atoms with van der Waals surface area (Å²) >= 11 is 0. The Hall–Kier alpha value is -0.600. The highest BCUT2D eigenvalue weighted by atomic mass is 16.3. The van der Waals surface area contributed by atoms with Crippen LogP contribution in [-0.4, -0.2) is 36.8 Å². The van der Waals surface area contributed by atoms with E-state index >= 15 is 0 Å². The third-order valence-electron chi connectivity index (χ3n) is 1.36. The zero-order valence-corrected chi connectivity index (χ0v) is 7.38. The van der Waals surface area contributed by atoms with Gasteiger partial charge in [-0.05, 0) is 19.5 Å². The lowest BCUT2D eigenvalue weighted by Gasteiger charge is -2.14. The Labute approximate surface area is 68.8 Å². The first-order valence-corrected chi connectivity index (χ1v) is 3.80. The number of nitrogens with zero attached hydrogens (tertiary/aromatic N) is 1. The van der Waals surface area contributed by atoms with Crippen LogP contribution < -0.4 is 0 Å². The predicted molar refractivity (Wildman–Crippen MR) is 48.5 cm³/mol. The smallest absolute Gasteiger partial charge is 0.0558 e. The zero-order chi connectivity index (χ0) is 8.69. The first-order valence-electron chi connectivity index (χ1n) is 3.80. The second-order valence-electron chi connectivity index (χ2n) is 2.62. The molecular weight excluding hydrogens is 138 g/mol. The summed E-state index contributed by atoms with van der Waals surface area (Å²) in [4.78, 5) is 2.03. The minimum atomic E-state index is 0.208. The first kappa shape index (κ1) is 10.4. The Bertz CT molecular complexity index is 140. The highest BCUT2D eigenvalue weighted by Gasteiger charge is 1.96. The van der Waals surface area contributed by atoms with E-state index in [1.165, 1.54) is 0 Å². The van der Waals surface area contributed by atoms with Crippen LogP contribution in [0.3, 0.4) is 0 Å². The third-order valence-corrected chi connectivity index (χ3v) is 1.36. The van der Waals surface area contributed by atoms with E-state index in [2.05, 4.69) is 6.58 Å². The average molecular weight is 155 g/mol. The van der Waals surface area contributed by atoms with E-state index < -0.39 is 0 Å². The second kappa shape index (κ2) is 6.13. The number of likely N-dealkylation sites (N-methyl/N-ethyl adjacent to an activating group) is 1. The molecule has 0 spiro atoms. The highest BCUT2D eigenvalue weighted by molar-refractivity contribution is 5.15. The monoisotopic (exact) mass is 155 g/mol. The van der Waals surface area contributed by atoms with Gasteiger partial charge in [0.05, 0.1) is 6.61 Å². The van der Waals surface area contributed by atoms with Crippen molar-refractivity contribution in [1.29, 1.82) is 0 Å². The van der Waals surface area contributed by atoms with E-state index in [1.54, 1.807) is 0 Å². The van der Waals surface area contributed by atoms with E-state index in [-0.39, 0.29) is 6.61 Å². The van der Waals surface area contributed by atoms with Gasteiger partial charge in [0.1, 0.15) is 0 Å². The Morgan fingerprint density at radius 3 is 2.73 bits per heavy atom. The molecule has 0 aliphatic carbocycles. The number of allylic oxidation sites excluding steroid dienone is 1. The van der Waals surface area contributed by atoms with Crippen LogP contribution in [0.5, 0.6) is 0 Å². The fourth-order valence-electron chi connectivity index (χ4n) is 0.885. The van der Waals surface area contributed by atoms with Crippen LogP contribution in [0.2, 0.25) is 0 Å². The Balaban J connectivity index is 3.57. The number of aliphatic hydroxyl groups is 1. The zero-order valence-electron chi connectivity index (χ0n) is 7.38. The van der Waals surface area contributed by atoms with E-state index in [1.807, 2.05) is 31.0 Å². The SMILES string of the molecule is C=C(C=CC)CN(C)CCO. The molecule has 11 heavy (non-hydrogen) atoms. The quantitative estimate of drug-likeness (QED) is 0.600. The van der Waals surface area contributed by atoms with Crippen molar-refractivity contribution in [2.75, 3.05) is 26.7 Å². The lowest BCUT2D eigenvalue weighted by atomic mass is 10.2. The van der Waals surface area contributed by atoms with Crippen LogP contribution in [0.15, 0.2) is 24.3 Å². The first-order chi connectivity index (χ1) is 5.20. The van der Waals surface area contributed by atoms with Crippen molar-refractivity contribution < 1.29 is 5.11 Å². The van der Waals surface area contributed by atoms with Gasteiger partial charge in [0.15, 0.2) is 0 Å². The predicted octanol–water partition coefficient (Wildman–Crippen LogP) is 1.04. The van der Waals surface area contributed by atoms with Crippen LogP contribution in [-0.2, 0) is 0 Å². The molecule has 0 heterocycles. The van der Waals surface area contributed by atoms with Gasteiger partial charge in [-0.1, -0.05) is 18.7 Å². The van der Waals surface area contributed by atoms with Gasteiger partial charge in [0, 0.05) is 13.1 Å². The summed E-state index contributed by atoms with van der Waals surface area (Å²) < 4.78 is 0. The molecule has 1 N–H and O–H groups in total. The van der Waals surface area contributed by atoms with Gasteiger partial charge in [0.25, 0.3) is 0 Å². The largest absolute Gasteiger partial charge is 0.395 e. The molecule has 0 saturated heterocycles. The van der Waals surface area contributed by atoms with Crippen molar-refractivity contribution in [2.45, 2.75) is 6.92 Å². The average Bonchev–Trinajstić information content (AvgIpc) is 1.87. The number of hydrogen-bond acceptors (Lipinski definition) is 2. The van der Waals surface area contributed by atoms with Gasteiger partial charge in [-0.3, -0.25) is 4.90 Å². The standard InChI is InChI=1S/C9H17NO/c1-4-5-9(2)8-10(3)6-7-11/h4-5,11H,2,6-8H2,1,3H3. The van der Waals surface area contributed by atoms with Crippen molar-refractivity contribution in [1.82, 2.24) is 4.90 Å². The molecule has 0 amide bonds. The topological polar surface area (TPSA) is 23.5 Å². The molecule has 0 aliphatic heterocycles. The lowest BCUT2D eigenvalue weighted by Crippen LogP contribution is -2.23. The summed E-state index contributed by atoms with van der Waals surface area (Å²) in [7, 11) is 1.96. The minimum absolute atomic E-state index is 0.208. The van der Waals surface area contributed by atoms with Crippen molar-refractivity contribution >= 4 is 0 Å². The molecule has 0 aromatic carbocycles. The number of hydrogen-bond donors (Lipinski definition) is 1. The Kier molecular flexibility index (Phi) is 5.80. The molecule has 0 aromatic heterocycles. The van der Waals surface area contributed by atoms with Gasteiger partial charge < -0.3 is 5.11 Å². The van der Waals surface area contributed by atoms with Crippen molar-refractivity contribution in [3.8, 4) is 0 Å². The third kappa shape index (κ3) is 5.83. The molecule has 0 aromatic rings. The number of aliphatic hydroxyl groups excluding tert-OH is 1. The highest BCUT2D eigenvalue weighted by Crippen LogP contribution is 1.95. The van der Waals surface area contributed by atoms with E-state index in [9.17, 15) is 0 Å². The molecule has 0 unspecified atom stereocenters. The van der Waals surface area contributed by atoms with Gasteiger partial charge in [0.2, 0.25) is 0 Å². The summed E-state index contributed by atoms with van der Waals surface area (Å²) in [5.41, 5.74) is 1.07. The Morgan fingerprint density at radius 2 is 2.27 bits per heavy atom. The van der Waals surface area contributed by atoms with Crippen LogP contribution in [0.4, 0.5) is 0 Å². The van der Waals surface area contributed by atoms with E-state index in [0.29, 0.717) is 6.54 Å². The molecule has 64 valence electrons. The maximum absolute atomic E-state index is 8.59. The second-order valence-corrected chi connectivity index (χ2v) is 2.62. The van der Waals surface area contributed by atoms with Crippen LogP contribution in [0, 0.1) is 0 Å². The molecule has 0 fully saturated rings. The molecule has 0 saturated carbocycles.